The normalized spacial score (nSPS) is 11.1. The van der Waals surface area contributed by atoms with Crippen molar-refractivity contribution in [1.82, 2.24) is 0 Å². The fourth-order valence-corrected chi connectivity index (χ4v) is 3.55. The van der Waals surface area contributed by atoms with Crippen molar-refractivity contribution >= 4 is 20.2 Å². The maximum Gasteiger partial charge on any atom is 2.00 e. The Balaban J connectivity index is 0.000000443. The first-order valence-electron chi connectivity index (χ1n) is 6.90. The molecule has 2 rings (SSSR count). The van der Waals surface area contributed by atoms with E-state index in [1.807, 2.05) is 0 Å². The fraction of sp³-hybridized carbons (Fsp3) is 0.250. The Morgan fingerprint density at radius 1 is 0.640 bits per heavy atom. The molecule has 25 heavy (non-hydrogen) atoms. The van der Waals surface area contributed by atoms with Crippen LogP contribution in [0.2, 0.25) is 0 Å². The minimum Gasteiger partial charge on any atom is -0.744 e. The molecule has 9 heteroatoms. The summed E-state index contributed by atoms with van der Waals surface area (Å²) in [6.45, 7) is 6.79. The molecule has 6 nitrogen and oxygen atoms in total. The van der Waals surface area contributed by atoms with Gasteiger partial charge in [-0.3, -0.25) is 0 Å². The quantitative estimate of drug-likeness (QED) is 0.538. The molecule has 0 fully saturated rings. The van der Waals surface area contributed by atoms with Crippen molar-refractivity contribution in [3.63, 3.8) is 0 Å². The second-order valence-electron chi connectivity index (χ2n) is 5.30. The van der Waals surface area contributed by atoms with E-state index in [1.54, 1.807) is 52.0 Å². The molecule has 0 aliphatic carbocycles. The molecule has 0 spiro atoms. The van der Waals surface area contributed by atoms with Gasteiger partial charge in [0, 0.05) is 0 Å². The van der Waals surface area contributed by atoms with E-state index >= 15 is 0 Å². The van der Waals surface area contributed by atoms with Crippen LogP contribution in [-0.4, -0.2) is 25.9 Å². The molecular formula is C16H18FeO6S2. The number of aryl methyl sites for hydroxylation is 2. The molecule has 0 N–H and O–H groups in total. The van der Waals surface area contributed by atoms with Crippen molar-refractivity contribution in [1.29, 1.82) is 0 Å². The summed E-state index contributed by atoms with van der Waals surface area (Å²) in [5.74, 6) is 0. The largest absolute Gasteiger partial charge is 2.00 e. The van der Waals surface area contributed by atoms with Crippen molar-refractivity contribution in [3.8, 4) is 0 Å². The second-order valence-corrected chi connectivity index (χ2v) is 8.00. The van der Waals surface area contributed by atoms with Crippen LogP contribution in [-0.2, 0) is 37.3 Å². The van der Waals surface area contributed by atoms with Crippen molar-refractivity contribution in [2.24, 2.45) is 0 Å². The van der Waals surface area contributed by atoms with Crippen LogP contribution in [0.5, 0.6) is 0 Å². The summed E-state index contributed by atoms with van der Waals surface area (Å²) in [7, 11) is -8.61. The van der Waals surface area contributed by atoms with Crippen molar-refractivity contribution < 1.29 is 43.0 Å². The van der Waals surface area contributed by atoms with Crippen molar-refractivity contribution in [2.75, 3.05) is 0 Å². The minimum atomic E-state index is -4.31. The Bertz CT molecular complexity index is 871. The summed E-state index contributed by atoms with van der Waals surface area (Å²) in [6, 6.07) is 9.31. The first-order valence-corrected chi connectivity index (χ1v) is 9.71. The number of hydrogen-bond acceptors (Lipinski definition) is 6. The third-order valence-electron chi connectivity index (χ3n) is 3.65. The molecular weight excluding hydrogens is 408 g/mol. The molecule has 138 valence electrons. The van der Waals surface area contributed by atoms with E-state index in [4.69, 9.17) is 0 Å². The molecule has 0 bridgehead atoms. The number of rotatable bonds is 2. The van der Waals surface area contributed by atoms with Gasteiger partial charge >= 0.3 is 17.1 Å². The molecule has 0 unspecified atom stereocenters. The smallest absolute Gasteiger partial charge is 0.744 e. The summed E-state index contributed by atoms with van der Waals surface area (Å²) in [6.07, 6.45) is 0. The van der Waals surface area contributed by atoms with Gasteiger partial charge in [-0.1, -0.05) is 24.3 Å². The summed E-state index contributed by atoms with van der Waals surface area (Å²) >= 11 is 0. The van der Waals surface area contributed by atoms with Gasteiger partial charge in [0.1, 0.15) is 20.2 Å². The summed E-state index contributed by atoms with van der Waals surface area (Å²) in [5.41, 5.74) is 2.69. The maximum atomic E-state index is 10.7. The Hall–Kier alpha value is -1.22. The Morgan fingerprint density at radius 2 is 0.920 bits per heavy atom. The van der Waals surface area contributed by atoms with Crippen LogP contribution in [0.15, 0.2) is 46.2 Å². The van der Waals surface area contributed by atoms with Gasteiger partial charge in [-0.25, -0.2) is 16.8 Å². The molecule has 0 aliphatic heterocycles. The predicted molar refractivity (Wildman–Crippen MR) is 87.8 cm³/mol. The van der Waals surface area contributed by atoms with Gasteiger partial charge in [0.2, 0.25) is 0 Å². The first-order chi connectivity index (χ1) is 10.9. The van der Waals surface area contributed by atoms with E-state index in [-0.39, 0.29) is 26.9 Å². The van der Waals surface area contributed by atoms with Gasteiger partial charge in [-0.15, -0.1) is 0 Å². The van der Waals surface area contributed by atoms with Gasteiger partial charge in [-0.05, 0) is 62.1 Å². The van der Waals surface area contributed by atoms with E-state index < -0.39 is 20.2 Å². The zero-order valence-corrected chi connectivity index (χ0v) is 16.8. The van der Waals surface area contributed by atoms with Crippen LogP contribution < -0.4 is 0 Å². The summed E-state index contributed by atoms with van der Waals surface area (Å²) in [4.78, 5) is -0.245. The average molecular weight is 426 g/mol. The molecule has 0 aromatic heterocycles. The maximum absolute atomic E-state index is 10.7. The average Bonchev–Trinajstić information content (AvgIpc) is 2.43. The topological polar surface area (TPSA) is 114 Å². The standard InChI is InChI=1S/2C8H10O3S.Fe/c2*1-6-4-3-5-8(7(6)2)12(9,10)11;/h2*3-5H,1-2H3,(H,9,10,11);/q;;+2/p-2. The van der Waals surface area contributed by atoms with Crippen LogP contribution in [0.25, 0.3) is 0 Å². The van der Waals surface area contributed by atoms with E-state index in [1.165, 1.54) is 12.1 Å². The van der Waals surface area contributed by atoms with Crippen LogP contribution >= 0.6 is 0 Å². The van der Waals surface area contributed by atoms with E-state index in [9.17, 15) is 25.9 Å². The van der Waals surface area contributed by atoms with Crippen LogP contribution in [0.3, 0.4) is 0 Å². The Labute approximate surface area is 159 Å². The van der Waals surface area contributed by atoms with Crippen molar-refractivity contribution in [3.05, 3.63) is 58.7 Å². The van der Waals surface area contributed by atoms with Crippen LogP contribution in [0, 0.1) is 27.7 Å². The summed E-state index contributed by atoms with van der Waals surface area (Å²) < 4.78 is 63.9. The SMILES string of the molecule is Cc1cccc(S(=O)(=O)[O-])c1C.Cc1cccc(S(=O)(=O)[O-])c1C.[Fe+2]. The zero-order valence-electron chi connectivity index (χ0n) is 14.1. The van der Waals surface area contributed by atoms with Gasteiger partial charge in [0.05, 0.1) is 9.79 Å². The van der Waals surface area contributed by atoms with Gasteiger partial charge in [-0.2, -0.15) is 0 Å². The molecule has 2 aromatic carbocycles. The molecule has 0 atom stereocenters. The molecule has 0 aliphatic rings. The van der Waals surface area contributed by atoms with E-state index in [0.29, 0.717) is 11.1 Å². The summed E-state index contributed by atoms with van der Waals surface area (Å²) in [5, 5.41) is 0. The van der Waals surface area contributed by atoms with Gasteiger partial charge in [0.25, 0.3) is 0 Å². The molecule has 2 aromatic rings. The third-order valence-corrected chi connectivity index (χ3v) is 5.61. The molecule has 0 saturated carbocycles. The monoisotopic (exact) mass is 426 g/mol. The fourth-order valence-electron chi connectivity index (χ4n) is 1.99. The molecule has 0 radical (unpaired) electrons. The minimum absolute atomic E-state index is 0. The molecule has 0 saturated heterocycles. The predicted octanol–water partition coefficient (Wildman–Crippen LogP) is 2.41. The first kappa shape index (κ1) is 23.8. The molecule has 0 heterocycles. The zero-order chi connectivity index (χ0) is 18.7. The Morgan fingerprint density at radius 3 is 1.12 bits per heavy atom. The number of benzene rings is 2. The van der Waals surface area contributed by atoms with Crippen molar-refractivity contribution in [2.45, 2.75) is 37.5 Å². The van der Waals surface area contributed by atoms with E-state index in [0.717, 1.165) is 11.1 Å². The van der Waals surface area contributed by atoms with Crippen LogP contribution in [0.1, 0.15) is 22.3 Å². The van der Waals surface area contributed by atoms with Crippen LogP contribution in [0.4, 0.5) is 0 Å². The number of hydrogen-bond donors (Lipinski definition) is 0. The van der Waals surface area contributed by atoms with E-state index in [2.05, 4.69) is 0 Å². The second kappa shape index (κ2) is 8.93. The molecule has 0 amide bonds. The third kappa shape index (κ3) is 6.54. The van der Waals surface area contributed by atoms with Gasteiger partial charge < -0.3 is 9.11 Å². The Kier molecular flexibility index (Phi) is 8.50. The van der Waals surface area contributed by atoms with Gasteiger partial charge in [0.15, 0.2) is 0 Å².